The van der Waals surface area contributed by atoms with Crippen molar-refractivity contribution in [3.8, 4) is 0 Å². The van der Waals surface area contributed by atoms with Gasteiger partial charge >= 0.3 is 0 Å². The minimum atomic E-state index is -0.114. The average molecular weight is 139 g/mol. The standard InChI is InChI=1S/C7H9NO2/c1-3-4-8-7(9)5-6(2)10-8/h3,5H,1,4H2,2H3. The van der Waals surface area contributed by atoms with Crippen LogP contribution in [0.3, 0.4) is 0 Å². The van der Waals surface area contributed by atoms with Gasteiger partial charge in [-0.1, -0.05) is 6.08 Å². The molecule has 3 heteroatoms. The first-order valence-corrected chi connectivity index (χ1v) is 3.02. The molecule has 0 atom stereocenters. The molecule has 0 radical (unpaired) electrons. The van der Waals surface area contributed by atoms with Crippen molar-refractivity contribution in [1.82, 2.24) is 4.74 Å². The van der Waals surface area contributed by atoms with Gasteiger partial charge < -0.3 is 4.52 Å². The van der Waals surface area contributed by atoms with Crippen molar-refractivity contribution in [3.63, 3.8) is 0 Å². The molecule has 0 aromatic carbocycles. The van der Waals surface area contributed by atoms with E-state index in [9.17, 15) is 4.79 Å². The fourth-order valence-electron chi connectivity index (χ4n) is 0.736. The Morgan fingerprint density at radius 3 is 3.00 bits per heavy atom. The van der Waals surface area contributed by atoms with Gasteiger partial charge in [-0.25, -0.2) is 0 Å². The van der Waals surface area contributed by atoms with Crippen molar-refractivity contribution >= 4 is 0 Å². The van der Waals surface area contributed by atoms with Crippen LogP contribution in [-0.2, 0) is 6.54 Å². The molecule has 10 heavy (non-hydrogen) atoms. The highest BCUT2D eigenvalue weighted by Gasteiger charge is 1.97. The molecule has 0 aliphatic rings. The third-order valence-electron chi connectivity index (χ3n) is 1.12. The molecule has 3 nitrogen and oxygen atoms in total. The lowest BCUT2D eigenvalue weighted by Gasteiger charge is -1.90. The summed E-state index contributed by atoms with van der Waals surface area (Å²) >= 11 is 0. The molecule has 0 aliphatic carbocycles. The summed E-state index contributed by atoms with van der Waals surface area (Å²) in [6, 6.07) is 1.45. The van der Waals surface area contributed by atoms with E-state index in [4.69, 9.17) is 4.52 Å². The van der Waals surface area contributed by atoms with Gasteiger partial charge in [0.25, 0.3) is 5.56 Å². The minimum Gasteiger partial charge on any atom is -0.381 e. The summed E-state index contributed by atoms with van der Waals surface area (Å²) in [5, 5.41) is 0. The predicted molar refractivity (Wildman–Crippen MR) is 37.9 cm³/mol. The molecular formula is C7H9NO2. The molecule has 1 rings (SSSR count). The van der Waals surface area contributed by atoms with E-state index in [0.717, 1.165) is 0 Å². The zero-order valence-corrected chi connectivity index (χ0v) is 5.83. The minimum absolute atomic E-state index is 0.114. The summed E-state index contributed by atoms with van der Waals surface area (Å²) in [7, 11) is 0. The Balaban J connectivity index is 3.03. The first-order chi connectivity index (χ1) is 4.74. The lowest BCUT2D eigenvalue weighted by molar-refractivity contribution is 0.267. The van der Waals surface area contributed by atoms with Crippen LogP contribution in [0.4, 0.5) is 0 Å². The molecule has 0 bridgehead atoms. The Kier molecular flexibility index (Phi) is 1.76. The number of allylic oxidation sites excluding steroid dienone is 1. The number of rotatable bonds is 2. The molecule has 0 N–H and O–H groups in total. The molecule has 0 saturated heterocycles. The SMILES string of the molecule is C=CCn1oc(C)cc1=O. The van der Waals surface area contributed by atoms with Crippen LogP contribution in [0, 0.1) is 6.92 Å². The second kappa shape index (κ2) is 2.56. The fraction of sp³-hybridized carbons (Fsp3) is 0.286. The lowest BCUT2D eigenvalue weighted by atomic mass is 10.5. The number of hydrogen-bond donors (Lipinski definition) is 0. The number of nitrogens with zero attached hydrogens (tertiary/aromatic N) is 1. The maximum atomic E-state index is 10.9. The zero-order chi connectivity index (χ0) is 7.56. The molecule has 0 aliphatic heterocycles. The molecule has 0 fully saturated rings. The van der Waals surface area contributed by atoms with Gasteiger partial charge in [-0.3, -0.25) is 4.79 Å². The van der Waals surface area contributed by atoms with Crippen LogP contribution < -0.4 is 5.56 Å². The number of hydrogen-bond acceptors (Lipinski definition) is 2. The summed E-state index contributed by atoms with van der Waals surface area (Å²) in [6.45, 7) is 5.66. The van der Waals surface area contributed by atoms with Crippen LogP contribution in [0.5, 0.6) is 0 Å². The highest BCUT2D eigenvalue weighted by atomic mass is 16.5. The molecule has 0 saturated carbocycles. The smallest absolute Gasteiger partial charge is 0.282 e. The Bertz CT molecular complexity index is 282. The van der Waals surface area contributed by atoms with E-state index in [1.54, 1.807) is 13.0 Å². The van der Waals surface area contributed by atoms with E-state index in [1.807, 2.05) is 0 Å². The lowest BCUT2D eigenvalue weighted by Crippen LogP contribution is -2.11. The molecular weight excluding hydrogens is 130 g/mol. The third kappa shape index (κ3) is 1.18. The van der Waals surface area contributed by atoms with Crippen molar-refractivity contribution in [2.75, 3.05) is 0 Å². The fourth-order valence-corrected chi connectivity index (χ4v) is 0.736. The maximum absolute atomic E-state index is 10.9. The number of aromatic nitrogens is 1. The second-order valence-corrected chi connectivity index (χ2v) is 2.03. The van der Waals surface area contributed by atoms with Crippen LogP contribution in [0.15, 0.2) is 28.0 Å². The normalized spacial score (nSPS) is 9.70. The number of aryl methyl sites for hydroxylation is 1. The molecule has 1 aromatic rings. The molecule has 1 heterocycles. The van der Waals surface area contributed by atoms with Crippen LogP contribution in [0.2, 0.25) is 0 Å². The highest BCUT2D eigenvalue weighted by molar-refractivity contribution is 4.91. The topological polar surface area (TPSA) is 35.1 Å². The van der Waals surface area contributed by atoms with E-state index in [0.29, 0.717) is 12.3 Å². The molecule has 0 unspecified atom stereocenters. The van der Waals surface area contributed by atoms with Gasteiger partial charge in [0.2, 0.25) is 0 Å². The van der Waals surface area contributed by atoms with Crippen LogP contribution in [0.1, 0.15) is 5.76 Å². The maximum Gasteiger partial charge on any atom is 0.282 e. The monoisotopic (exact) mass is 139 g/mol. The van der Waals surface area contributed by atoms with Gasteiger partial charge in [-0.05, 0) is 6.92 Å². The first-order valence-electron chi connectivity index (χ1n) is 3.02. The summed E-state index contributed by atoms with van der Waals surface area (Å²) in [5.74, 6) is 0.631. The molecule has 54 valence electrons. The summed E-state index contributed by atoms with van der Waals surface area (Å²) < 4.78 is 6.24. The van der Waals surface area contributed by atoms with Gasteiger partial charge in [0, 0.05) is 6.07 Å². The highest BCUT2D eigenvalue weighted by Crippen LogP contribution is 1.91. The first kappa shape index (κ1) is 6.86. The van der Waals surface area contributed by atoms with Crippen LogP contribution in [0.25, 0.3) is 0 Å². The molecule has 1 aromatic heterocycles. The average Bonchev–Trinajstić information content (AvgIpc) is 2.13. The van der Waals surface area contributed by atoms with Crippen LogP contribution in [-0.4, -0.2) is 4.74 Å². The van der Waals surface area contributed by atoms with Gasteiger partial charge in [0.05, 0.1) is 6.54 Å². The van der Waals surface area contributed by atoms with Gasteiger partial charge in [0.15, 0.2) is 0 Å². The zero-order valence-electron chi connectivity index (χ0n) is 5.83. The largest absolute Gasteiger partial charge is 0.381 e. The van der Waals surface area contributed by atoms with E-state index < -0.39 is 0 Å². The van der Waals surface area contributed by atoms with E-state index in [-0.39, 0.29) is 5.56 Å². The van der Waals surface area contributed by atoms with Crippen molar-refractivity contribution in [3.05, 3.63) is 34.8 Å². The van der Waals surface area contributed by atoms with Gasteiger partial charge in [-0.15, -0.1) is 6.58 Å². The Hall–Kier alpha value is -1.25. The Morgan fingerprint density at radius 1 is 1.90 bits per heavy atom. The van der Waals surface area contributed by atoms with Crippen molar-refractivity contribution in [1.29, 1.82) is 0 Å². The predicted octanol–water partition coefficient (Wildman–Crippen LogP) is 0.936. The Labute approximate surface area is 58.5 Å². The molecule has 0 amide bonds. The van der Waals surface area contributed by atoms with Gasteiger partial charge in [-0.2, -0.15) is 4.74 Å². The van der Waals surface area contributed by atoms with E-state index >= 15 is 0 Å². The van der Waals surface area contributed by atoms with Crippen molar-refractivity contribution in [2.24, 2.45) is 0 Å². The quantitative estimate of drug-likeness (QED) is 0.571. The summed E-state index contributed by atoms with van der Waals surface area (Å²) in [6.07, 6.45) is 1.62. The van der Waals surface area contributed by atoms with E-state index in [1.165, 1.54) is 10.8 Å². The van der Waals surface area contributed by atoms with Crippen molar-refractivity contribution < 1.29 is 4.52 Å². The third-order valence-corrected chi connectivity index (χ3v) is 1.12. The van der Waals surface area contributed by atoms with Crippen LogP contribution >= 0.6 is 0 Å². The second-order valence-electron chi connectivity index (χ2n) is 2.03. The Morgan fingerprint density at radius 2 is 2.60 bits per heavy atom. The molecule has 0 spiro atoms. The van der Waals surface area contributed by atoms with Crippen molar-refractivity contribution in [2.45, 2.75) is 13.5 Å². The van der Waals surface area contributed by atoms with Gasteiger partial charge in [0.1, 0.15) is 5.76 Å². The summed E-state index contributed by atoms with van der Waals surface area (Å²) in [4.78, 5) is 10.9. The summed E-state index contributed by atoms with van der Waals surface area (Å²) in [5.41, 5.74) is -0.114. The van der Waals surface area contributed by atoms with E-state index in [2.05, 4.69) is 6.58 Å².